The maximum absolute atomic E-state index is 12.6. The van der Waals surface area contributed by atoms with Gasteiger partial charge < -0.3 is 4.74 Å². The van der Waals surface area contributed by atoms with Crippen molar-refractivity contribution >= 4 is 5.78 Å². The van der Waals surface area contributed by atoms with E-state index in [2.05, 4.69) is 15.2 Å². The molecule has 21 heavy (non-hydrogen) atoms. The van der Waals surface area contributed by atoms with Crippen molar-refractivity contribution in [3.05, 3.63) is 53.9 Å². The van der Waals surface area contributed by atoms with Crippen LogP contribution in [0.5, 0.6) is 5.75 Å². The zero-order valence-electron chi connectivity index (χ0n) is 11.3. The van der Waals surface area contributed by atoms with E-state index in [1.165, 1.54) is 0 Å². The molecule has 0 amide bonds. The molecule has 5 heteroatoms. The number of fused-ring (bicyclic) bond motifs is 3. The van der Waals surface area contributed by atoms with E-state index in [1.807, 2.05) is 24.3 Å². The summed E-state index contributed by atoms with van der Waals surface area (Å²) in [5.74, 6) is 0.756. The monoisotopic (exact) mass is 277 g/mol. The van der Waals surface area contributed by atoms with E-state index in [0.29, 0.717) is 16.8 Å². The molecule has 1 N–H and O–H groups in total. The van der Waals surface area contributed by atoms with Crippen LogP contribution in [0.1, 0.15) is 15.9 Å². The van der Waals surface area contributed by atoms with Gasteiger partial charge in [0, 0.05) is 29.1 Å². The fraction of sp³-hybridized carbons (Fsp3) is 0.0625. The number of pyridine rings is 1. The lowest BCUT2D eigenvalue weighted by Gasteiger charge is -2.02. The van der Waals surface area contributed by atoms with E-state index >= 15 is 0 Å². The quantitative estimate of drug-likeness (QED) is 0.611. The highest BCUT2D eigenvalue weighted by molar-refractivity contribution is 6.23. The van der Waals surface area contributed by atoms with Crippen molar-refractivity contribution < 1.29 is 9.53 Å². The number of nitrogens with one attached hydrogen (secondary N) is 1. The molecule has 3 aromatic rings. The molecule has 0 bridgehead atoms. The summed E-state index contributed by atoms with van der Waals surface area (Å²) in [7, 11) is 1.62. The summed E-state index contributed by atoms with van der Waals surface area (Å²) >= 11 is 0. The third kappa shape index (κ3) is 1.61. The number of hydrogen-bond donors (Lipinski definition) is 1. The smallest absolute Gasteiger partial charge is 0.198 e. The van der Waals surface area contributed by atoms with Gasteiger partial charge in [0.25, 0.3) is 0 Å². The fourth-order valence-corrected chi connectivity index (χ4v) is 2.64. The van der Waals surface area contributed by atoms with Crippen LogP contribution >= 0.6 is 0 Å². The Bertz CT molecular complexity index is 850. The Labute approximate surface area is 120 Å². The van der Waals surface area contributed by atoms with Crippen LogP contribution in [0.4, 0.5) is 0 Å². The van der Waals surface area contributed by atoms with E-state index in [0.717, 1.165) is 22.6 Å². The second-order valence-electron chi connectivity index (χ2n) is 4.80. The summed E-state index contributed by atoms with van der Waals surface area (Å²) in [6.45, 7) is 0. The molecule has 5 nitrogen and oxygen atoms in total. The number of aromatic nitrogens is 3. The maximum atomic E-state index is 12.6. The third-order valence-corrected chi connectivity index (χ3v) is 3.69. The molecule has 0 fully saturated rings. The summed E-state index contributed by atoms with van der Waals surface area (Å²) in [5.41, 5.74) is 4.38. The Hall–Kier alpha value is -2.95. The number of H-pyrrole nitrogens is 1. The Balaban J connectivity index is 1.88. The van der Waals surface area contributed by atoms with Crippen LogP contribution in [-0.4, -0.2) is 28.1 Å². The Kier molecular flexibility index (Phi) is 2.41. The molecule has 0 spiro atoms. The summed E-state index contributed by atoms with van der Waals surface area (Å²) in [6.07, 6.45) is 3.32. The van der Waals surface area contributed by atoms with Crippen LogP contribution in [0.25, 0.3) is 22.5 Å². The molecular weight excluding hydrogens is 266 g/mol. The molecule has 0 atom stereocenters. The molecule has 2 heterocycles. The highest BCUT2D eigenvalue weighted by Crippen LogP contribution is 2.39. The number of rotatable bonds is 2. The van der Waals surface area contributed by atoms with E-state index < -0.39 is 0 Å². The van der Waals surface area contributed by atoms with Gasteiger partial charge in [-0.15, -0.1) is 0 Å². The lowest BCUT2D eigenvalue weighted by atomic mass is 10.0. The van der Waals surface area contributed by atoms with E-state index in [9.17, 15) is 4.79 Å². The highest BCUT2D eigenvalue weighted by Gasteiger charge is 2.32. The van der Waals surface area contributed by atoms with Crippen molar-refractivity contribution in [2.75, 3.05) is 7.11 Å². The van der Waals surface area contributed by atoms with Gasteiger partial charge in [0.1, 0.15) is 11.4 Å². The van der Waals surface area contributed by atoms with Crippen molar-refractivity contribution in [2.45, 2.75) is 0 Å². The molecule has 2 aromatic heterocycles. The third-order valence-electron chi connectivity index (χ3n) is 3.69. The average Bonchev–Trinajstić information content (AvgIpc) is 3.09. The number of hydrogen-bond acceptors (Lipinski definition) is 4. The number of benzene rings is 1. The zero-order valence-corrected chi connectivity index (χ0v) is 11.3. The largest absolute Gasteiger partial charge is 0.497 e. The molecule has 0 unspecified atom stereocenters. The first-order valence-electron chi connectivity index (χ1n) is 6.51. The summed E-state index contributed by atoms with van der Waals surface area (Å²) in [4.78, 5) is 16.6. The van der Waals surface area contributed by atoms with Crippen LogP contribution < -0.4 is 4.74 Å². The first-order valence-corrected chi connectivity index (χ1v) is 6.51. The SMILES string of the molecule is COc1ccc(-c2n[nH]c3c2C(=O)c2ccncc2-3)cc1. The number of carbonyl (C=O) groups is 1. The lowest BCUT2D eigenvalue weighted by Crippen LogP contribution is -1.97. The highest BCUT2D eigenvalue weighted by atomic mass is 16.5. The van der Waals surface area contributed by atoms with Crippen molar-refractivity contribution in [1.82, 2.24) is 15.2 Å². The zero-order chi connectivity index (χ0) is 14.4. The molecule has 4 rings (SSSR count). The van der Waals surface area contributed by atoms with Gasteiger partial charge in [-0.2, -0.15) is 5.10 Å². The van der Waals surface area contributed by atoms with Crippen molar-refractivity contribution in [1.29, 1.82) is 0 Å². The normalized spacial score (nSPS) is 12.1. The minimum atomic E-state index is -0.0121. The molecule has 1 aliphatic carbocycles. The van der Waals surface area contributed by atoms with Gasteiger partial charge in [-0.1, -0.05) is 0 Å². The van der Waals surface area contributed by atoms with Crippen molar-refractivity contribution in [3.63, 3.8) is 0 Å². The molecule has 102 valence electrons. The number of ketones is 1. The number of methoxy groups -OCH3 is 1. The Morgan fingerprint density at radius 1 is 1.10 bits per heavy atom. The second-order valence-corrected chi connectivity index (χ2v) is 4.80. The molecular formula is C16H11N3O2. The van der Waals surface area contributed by atoms with Gasteiger partial charge in [-0.25, -0.2) is 0 Å². The van der Waals surface area contributed by atoms with Crippen molar-refractivity contribution in [2.24, 2.45) is 0 Å². The van der Waals surface area contributed by atoms with Gasteiger partial charge in [0.05, 0.1) is 18.4 Å². The van der Waals surface area contributed by atoms with Crippen LogP contribution in [0.2, 0.25) is 0 Å². The number of ether oxygens (including phenoxy) is 1. The van der Waals surface area contributed by atoms with Crippen LogP contribution in [0, 0.1) is 0 Å². The molecule has 1 aliphatic rings. The lowest BCUT2D eigenvalue weighted by molar-refractivity contribution is 0.104. The Morgan fingerprint density at radius 3 is 2.67 bits per heavy atom. The van der Waals surface area contributed by atoms with E-state index in [4.69, 9.17) is 4.74 Å². The van der Waals surface area contributed by atoms with Gasteiger partial charge in [-0.05, 0) is 30.3 Å². The van der Waals surface area contributed by atoms with Gasteiger partial charge in [0.15, 0.2) is 5.78 Å². The van der Waals surface area contributed by atoms with E-state index in [1.54, 1.807) is 25.6 Å². The predicted molar refractivity (Wildman–Crippen MR) is 77.2 cm³/mol. The van der Waals surface area contributed by atoms with Gasteiger partial charge in [0.2, 0.25) is 0 Å². The topological polar surface area (TPSA) is 67.9 Å². The second kappa shape index (κ2) is 4.28. The fourth-order valence-electron chi connectivity index (χ4n) is 2.64. The Morgan fingerprint density at radius 2 is 1.90 bits per heavy atom. The first kappa shape index (κ1) is 11.8. The molecule has 0 aliphatic heterocycles. The molecule has 0 radical (unpaired) electrons. The minimum Gasteiger partial charge on any atom is -0.497 e. The predicted octanol–water partition coefficient (Wildman–Crippen LogP) is 2.69. The summed E-state index contributed by atoms with van der Waals surface area (Å²) in [5, 5.41) is 7.26. The molecule has 0 saturated carbocycles. The minimum absolute atomic E-state index is 0.0121. The summed E-state index contributed by atoms with van der Waals surface area (Å²) in [6, 6.07) is 9.23. The average molecular weight is 277 g/mol. The van der Waals surface area contributed by atoms with Crippen molar-refractivity contribution in [3.8, 4) is 28.3 Å². The standard InChI is InChI=1S/C16H11N3O2/c1-21-10-4-2-9(3-5-10)14-13-15(19-18-14)12-8-17-7-6-11(12)16(13)20/h2-8H,1H3,(H,18,19). The molecule has 1 aromatic carbocycles. The number of aromatic amines is 1. The van der Waals surface area contributed by atoms with Gasteiger partial charge in [-0.3, -0.25) is 14.9 Å². The number of nitrogens with zero attached hydrogens (tertiary/aromatic N) is 2. The first-order chi connectivity index (χ1) is 10.3. The van der Waals surface area contributed by atoms with E-state index in [-0.39, 0.29) is 5.78 Å². The maximum Gasteiger partial charge on any atom is 0.198 e. The number of carbonyl (C=O) groups excluding carboxylic acids is 1. The van der Waals surface area contributed by atoms with Gasteiger partial charge >= 0.3 is 0 Å². The summed E-state index contributed by atoms with van der Waals surface area (Å²) < 4.78 is 5.15. The van der Waals surface area contributed by atoms with Crippen LogP contribution in [0.3, 0.4) is 0 Å². The van der Waals surface area contributed by atoms with Crippen LogP contribution in [-0.2, 0) is 0 Å². The van der Waals surface area contributed by atoms with Crippen LogP contribution in [0.15, 0.2) is 42.7 Å². The molecule has 0 saturated heterocycles.